The molecule has 1 aliphatic rings. The van der Waals surface area contributed by atoms with E-state index < -0.39 is 5.82 Å². The summed E-state index contributed by atoms with van der Waals surface area (Å²) in [6, 6.07) is 6.02. The molecule has 17 heavy (non-hydrogen) atoms. The Labute approximate surface area is 107 Å². The van der Waals surface area contributed by atoms with E-state index >= 15 is 0 Å². The van der Waals surface area contributed by atoms with Crippen molar-refractivity contribution in [2.75, 3.05) is 11.4 Å². The van der Waals surface area contributed by atoms with Gasteiger partial charge in [0.2, 0.25) is 5.91 Å². The number of piperidine rings is 1. The van der Waals surface area contributed by atoms with Crippen molar-refractivity contribution in [2.45, 2.75) is 17.7 Å². The Morgan fingerprint density at radius 2 is 2.29 bits per heavy atom. The number of hydrogen-bond donors (Lipinski definition) is 0. The summed E-state index contributed by atoms with van der Waals surface area (Å²) in [7, 11) is 0. The van der Waals surface area contributed by atoms with Gasteiger partial charge in [0.15, 0.2) is 0 Å². The number of anilines is 1. The molecule has 1 amide bonds. The molecule has 0 saturated carbocycles. The monoisotopic (exact) mass is 296 g/mol. The normalized spacial score (nSPS) is 20.2. The number of nitrogens with zero attached hydrogens (tertiary/aromatic N) is 2. The fraction of sp³-hybridized carbons (Fsp3) is 0.333. The van der Waals surface area contributed by atoms with Crippen molar-refractivity contribution in [1.29, 1.82) is 5.26 Å². The van der Waals surface area contributed by atoms with E-state index in [4.69, 9.17) is 5.26 Å². The predicted molar refractivity (Wildman–Crippen MR) is 65.4 cm³/mol. The first-order valence-corrected chi connectivity index (χ1v) is 6.20. The second kappa shape index (κ2) is 4.84. The summed E-state index contributed by atoms with van der Waals surface area (Å²) >= 11 is 3.28. The minimum Gasteiger partial charge on any atom is -0.309 e. The van der Waals surface area contributed by atoms with Gasteiger partial charge in [0.25, 0.3) is 0 Å². The van der Waals surface area contributed by atoms with E-state index in [-0.39, 0.29) is 22.0 Å². The molecule has 3 nitrogen and oxygen atoms in total. The van der Waals surface area contributed by atoms with E-state index in [1.807, 2.05) is 6.07 Å². The van der Waals surface area contributed by atoms with Crippen LogP contribution in [-0.2, 0) is 4.79 Å². The number of carbonyl (C=O) groups excluding carboxylic acids is 1. The number of carbonyl (C=O) groups is 1. The summed E-state index contributed by atoms with van der Waals surface area (Å²) < 4.78 is 13.8. The van der Waals surface area contributed by atoms with E-state index in [9.17, 15) is 9.18 Å². The molecule has 1 aromatic rings. The van der Waals surface area contributed by atoms with E-state index in [2.05, 4.69) is 15.9 Å². The Morgan fingerprint density at radius 1 is 1.53 bits per heavy atom. The lowest BCUT2D eigenvalue weighted by atomic mass is 10.1. The number of hydrogen-bond acceptors (Lipinski definition) is 2. The highest BCUT2D eigenvalue weighted by Crippen LogP contribution is 2.27. The summed E-state index contributed by atoms with van der Waals surface area (Å²) in [5.41, 5.74) is 0.504. The summed E-state index contributed by atoms with van der Waals surface area (Å²) in [5.74, 6) is -0.654. The summed E-state index contributed by atoms with van der Waals surface area (Å²) in [6.07, 6.45) is 1.61. The molecular formula is C12H10BrFN2O. The molecule has 0 aromatic heterocycles. The van der Waals surface area contributed by atoms with Gasteiger partial charge in [-0.15, -0.1) is 0 Å². The number of alkyl halides is 1. The first kappa shape index (κ1) is 12.1. The number of halogens is 2. The zero-order valence-corrected chi connectivity index (χ0v) is 10.6. The van der Waals surface area contributed by atoms with Gasteiger partial charge < -0.3 is 4.90 Å². The van der Waals surface area contributed by atoms with Crippen LogP contribution in [0.4, 0.5) is 10.1 Å². The molecule has 2 rings (SSSR count). The van der Waals surface area contributed by atoms with Crippen LogP contribution in [0.15, 0.2) is 18.2 Å². The minimum atomic E-state index is -0.529. The molecule has 5 heteroatoms. The Morgan fingerprint density at radius 3 is 2.94 bits per heavy atom. The molecule has 1 heterocycles. The average Bonchev–Trinajstić information content (AvgIpc) is 2.33. The van der Waals surface area contributed by atoms with Crippen molar-refractivity contribution in [1.82, 2.24) is 0 Å². The molecular weight excluding hydrogens is 287 g/mol. The van der Waals surface area contributed by atoms with E-state index in [1.165, 1.54) is 17.0 Å². The van der Waals surface area contributed by atoms with Gasteiger partial charge in [0.05, 0.1) is 22.1 Å². The quantitative estimate of drug-likeness (QED) is 0.748. The smallest absolute Gasteiger partial charge is 0.240 e. The molecule has 1 saturated heterocycles. The van der Waals surface area contributed by atoms with Crippen LogP contribution in [0.2, 0.25) is 0 Å². The summed E-state index contributed by atoms with van der Waals surface area (Å²) in [4.78, 5) is 13.1. The Kier molecular flexibility index (Phi) is 3.43. The second-order valence-electron chi connectivity index (χ2n) is 3.88. The number of nitriles is 1. The van der Waals surface area contributed by atoms with Crippen molar-refractivity contribution in [2.24, 2.45) is 0 Å². The molecule has 1 aromatic carbocycles. The first-order valence-electron chi connectivity index (χ1n) is 5.28. The predicted octanol–water partition coefficient (Wildman–Crippen LogP) is 2.59. The van der Waals surface area contributed by atoms with Crippen LogP contribution >= 0.6 is 15.9 Å². The highest BCUT2D eigenvalue weighted by Gasteiger charge is 2.29. The fourth-order valence-corrected chi connectivity index (χ4v) is 2.44. The van der Waals surface area contributed by atoms with Gasteiger partial charge in [-0.25, -0.2) is 4.39 Å². The maximum atomic E-state index is 13.8. The van der Waals surface area contributed by atoms with Crippen LogP contribution in [0.1, 0.15) is 18.4 Å². The third-order valence-corrected chi connectivity index (χ3v) is 3.59. The molecule has 0 N–H and O–H groups in total. The molecule has 0 bridgehead atoms. The molecule has 0 aliphatic carbocycles. The molecule has 1 atom stereocenters. The largest absolute Gasteiger partial charge is 0.309 e. The van der Waals surface area contributed by atoms with Gasteiger partial charge in [-0.1, -0.05) is 15.9 Å². The maximum Gasteiger partial charge on any atom is 0.240 e. The highest BCUT2D eigenvalue weighted by atomic mass is 79.9. The topological polar surface area (TPSA) is 44.1 Å². The van der Waals surface area contributed by atoms with Crippen LogP contribution < -0.4 is 4.90 Å². The average molecular weight is 297 g/mol. The molecule has 0 spiro atoms. The zero-order chi connectivity index (χ0) is 12.4. The Balaban J connectivity index is 2.34. The maximum absolute atomic E-state index is 13.8. The van der Waals surface area contributed by atoms with Crippen molar-refractivity contribution >= 4 is 27.5 Å². The van der Waals surface area contributed by atoms with E-state index in [1.54, 1.807) is 0 Å². The van der Waals surface area contributed by atoms with Crippen molar-refractivity contribution in [3.63, 3.8) is 0 Å². The molecule has 1 fully saturated rings. The highest BCUT2D eigenvalue weighted by molar-refractivity contribution is 9.10. The third-order valence-electron chi connectivity index (χ3n) is 2.74. The molecule has 0 radical (unpaired) electrons. The van der Waals surface area contributed by atoms with Gasteiger partial charge in [-0.3, -0.25) is 4.79 Å². The van der Waals surface area contributed by atoms with Crippen molar-refractivity contribution < 1.29 is 9.18 Å². The number of benzene rings is 1. The van der Waals surface area contributed by atoms with Gasteiger partial charge >= 0.3 is 0 Å². The van der Waals surface area contributed by atoms with Gasteiger partial charge in [-0.05, 0) is 31.0 Å². The summed E-state index contributed by atoms with van der Waals surface area (Å²) in [5, 5.41) is 8.65. The third kappa shape index (κ3) is 2.32. The van der Waals surface area contributed by atoms with Gasteiger partial charge in [-0.2, -0.15) is 5.26 Å². The molecule has 1 unspecified atom stereocenters. The van der Waals surface area contributed by atoms with Crippen molar-refractivity contribution in [3.05, 3.63) is 29.6 Å². The van der Waals surface area contributed by atoms with Crippen LogP contribution in [0.25, 0.3) is 0 Å². The Bertz CT molecular complexity index is 498. The van der Waals surface area contributed by atoms with Gasteiger partial charge in [0, 0.05) is 6.54 Å². The number of amides is 1. The second-order valence-corrected chi connectivity index (χ2v) is 4.98. The summed E-state index contributed by atoms with van der Waals surface area (Å²) in [6.45, 7) is 0.518. The molecule has 1 aliphatic heterocycles. The zero-order valence-electron chi connectivity index (χ0n) is 8.99. The van der Waals surface area contributed by atoms with Crippen LogP contribution in [0.5, 0.6) is 0 Å². The van der Waals surface area contributed by atoms with Crippen LogP contribution in [0.3, 0.4) is 0 Å². The van der Waals surface area contributed by atoms with E-state index in [0.29, 0.717) is 6.54 Å². The lowest BCUT2D eigenvalue weighted by Crippen LogP contribution is -2.42. The standard InChI is InChI=1S/C12H10BrFN2O/c13-9-2-1-5-16(12(9)17)11-4-3-8(7-15)6-10(11)14/h3-4,6,9H,1-2,5H2. The minimum absolute atomic E-state index is 0.125. The van der Waals surface area contributed by atoms with Crippen LogP contribution in [0, 0.1) is 17.1 Å². The van der Waals surface area contributed by atoms with Gasteiger partial charge in [0.1, 0.15) is 5.82 Å². The van der Waals surface area contributed by atoms with Crippen molar-refractivity contribution in [3.8, 4) is 6.07 Å². The lowest BCUT2D eigenvalue weighted by Gasteiger charge is -2.30. The SMILES string of the molecule is N#Cc1ccc(N2CCCC(Br)C2=O)c(F)c1. The lowest BCUT2D eigenvalue weighted by molar-refractivity contribution is -0.118. The first-order chi connectivity index (χ1) is 8.13. The number of rotatable bonds is 1. The van der Waals surface area contributed by atoms with Crippen LogP contribution in [-0.4, -0.2) is 17.3 Å². The van der Waals surface area contributed by atoms with E-state index in [0.717, 1.165) is 18.9 Å². The Hall–Kier alpha value is -1.41. The fourth-order valence-electron chi connectivity index (χ4n) is 1.87. The molecule has 88 valence electrons.